The topological polar surface area (TPSA) is 114 Å². The first-order chi connectivity index (χ1) is 20.4. The molecule has 0 radical (unpaired) electrons. The van der Waals surface area contributed by atoms with Crippen molar-refractivity contribution in [3.63, 3.8) is 0 Å². The first kappa shape index (κ1) is 33.3. The van der Waals surface area contributed by atoms with Crippen molar-refractivity contribution in [2.75, 3.05) is 32.2 Å². The second-order valence-electron chi connectivity index (χ2n) is 10.3. The van der Waals surface area contributed by atoms with Gasteiger partial charge < -0.3 is 24.4 Å². The summed E-state index contributed by atoms with van der Waals surface area (Å²) in [5.74, 6) is 0.484. The maximum absolute atomic E-state index is 14.2. The van der Waals surface area contributed by atoms with Gasteiger partial charge in [0, 0.05) is 18.7 Å². The molecule has 1 atom stereocenters. The first-order valence-corrected chi connectivity index (χ1v) is 15.4. The largest absolute Gasteiger partial charge is 0.497 e. The average molecular weight is 612 g/mol. The van der Waals surface area contributed by atoms with Gasteiger partial charge in [-0.3, -0.25) is 13.9 Å². The number of nitrogens with zero attached hydrogens (tertiary/aromatic N) is 2. The highest BCUT2D eigenvalue weighted by atomic mass is 32.2. The molecule has 0 aliphatic carbocycles. The molecule has 3 rings (SSSR count). The van der Waals surface area contributed by atoms with Gasteiger partial charge >= 0.3 is 0 Å². The first-order valence-electron chi connectivity index (χ1n) is 14.0. The fourth-order valence-corrected chi connectivity index (χ4v) is 5.98. The van der Waals surface area contributed by atoms with Crippen molar-refractivity contribution in [2.45, 2.75) is 57.6 Å². The van der Waals surface area contributed by atoms with Gasteiger partial charge in [0.15, 0.2) is 11.5 Å². The summed E-state index contributed by atoms with van der Waals surface area (Å²) in [5.41, 5.74) is 1.85. The lowest BCUT2D eigenvalue weighted by molar-refractivity contribution is -0.140. The number of sulfonamides is 1. The van der Waals surface area contributed by atoms with Crippen LogP contribution in [0.1, 0.15) is 38.3 Å². The number of aryl methyl sites for hydroxylation is 1. The van der Waals surface area contributed by atoms with Crippen molar-refractivity contribution in [2.24, 2.45) is 0 Å². The second-order valence-corrected chi connectivity index (χ2v) is 12.2. The van der Waals surface area contributed by atoms with Gasteiger partial charge in [-0.25, -0.2) is 8.42 Å². The summed E-state index contributed by atoms with van der Waals surface area (Å²) in [7, 11) is 0.260. The van der Waals surface area contributed by atoms with Crippen LogP contribution in [0.3, 0.4) is 0 Å². The Kier molecular flexibility index (Phi) is 11.4. The molecule has 10 nitrogen and oxygen atoms in total. The van der Waals surface area contributed by atoms with Crippen molar-refractivity contribution in [3.05, 3.63) is 77.9 Å². The summed E-state index contributed by atoms with van der Waals surface area (Å²) >= 11 is 0. The van der Waals surface area contributed by atoms with E-state index in [4.69, 9.17) is 14.2 Å². The zero-order chi connectivity index (χ0) is 31.7. The zero-order valence-electron chi connectivity index (χ0n) is 25.8. The zero-order valence-corrected chi connectivity index (χ0v) is 26.6. The molecule has 1 N–H and O–H groups in total. The summed E-state index contributed by atoms with van der Waals surface area (Å²) in [5, 5.41) is 2.89. The Hall–Kier alpha value is -4.25. The monoisotopic (exact) mass is 611 g/mol. The van der Waals surface area contributed by atoms with Crippen LogP contribution in [0, 0.1) is 6.92 Å². The molecule has 0 fully saturated rings. The minimum atomic E-state index is -4.23. The van der Waals surface area contributed by atoms with Crippen LogP contribution in [0.4, 0.5) is 5.69 Å². The smallest absolute Gasteiger partial charge is 0.264 e. The summed E-state index contributed by atoms with van der Waals surface area (Å²) in [6.07, 6.45) is 0.321. The fourth-order valence-electron chi connectivity index (χ4n) is 4.57. The molecule has 0 saturated carbocycles. The van der Waals surface area contributed by atoms with Crippen molar-refractivity contribution < 1.29 is 32.2 Å². The van der Waals surface area contributed by atoms with E-state index < -0.39 is 28.5 Å². The molecule has 232 valence electrons. The highest BCUT2D eigenvalue weighted by Crippen LogP contribution is 2.34. The molecule has 43 heavy (non-hydrogen) atoms. The number of benzene rings is 3. The molecular weight excluding hydrogens is 570 g/mol. The molecule has 0 aromatic heterocycles. The van der Waals surface area contributed by atoms with E-state index >= 15 is 0 Å². The highest BCUT2D eigenvalue weighted by molar-refractivity contribution is 7.92. The fraction of sp³-hybridized carbons (Fsp3) is 0.375. The molecule has 0 unspecified atom stereocenters. The maximum Gasteiger partial charge on any atom is 0.264 e. The van der Waals surface area contributed by atoms with Gasteiger partial charge in [0.1, 0.15) is 18.3 Å². The third kappa shape index (κ3) is 8.19. The van der Waals surface area contributed by atoms with Gasteiger partial charge in [-0.05, 0) is 69.2 Å². The van der Waals surface area contributed by atoms with Crippen LogP contribution in [0.2, 0.25) is 0 Å². The van der Waals surface area contributed by atoms with Crippen molar-refractivity contribution >= 4 is 27.5 Å². The summed E-state index contributed by atoms with van der Waals surface area (Å²) < 4.78 is 45.3. The lowest BCUT2D eigenvalue weighted by Crippen LogP contribution is -2.53. The SMILES string of the molecule is CC[C@@H](C(=O)NC(C)C)N(Cc1ccc(OC)cc1)C(=O)CN(c1ccc(OC)c(OC)c1)S(=O)(=O)c1ccc(C)cc1. The lowest BCUT2D eigenvalue weighted by atomic mass is 10.1. The van der Waals surface area contributed by atoms with E-state index in [1.54, 1.807) is 55.6 Å². The number of rotatable bonds is 14. The number of carbonyl (C=O) groups excluding carboxylic acids is 2. The minimum absolute atomic E-state index is 0.0204. The number of nitrogens with one attached hydrogen (secondary N) is 1. The van der Waals surface area contributed by atoms with Crippen LogP contribution in [0.15, 0.2) is 71.6 Å². The molecule has 2 amide bonds. The normalized spacial score (nSPS) is 11.9. The van der Waals surface area contributed by atoms with Crippen LogP contribution < -0.4 is 23.8 Å². The number of ether oxygens (including phenoxy) is 3. The standard InChI is InChI=1S/C32H41N3O7S/c1-8-28(32(37)33-22(2)3)34(20-24-11-14-26(40-5)15-12-24)31(36)21-35(25-13-18-29(41-6)30(19-25)42-7)43(38,39)27-16-9-23(4)10-17-27/h9-19,22,28H,8,20-21H2,1-7H3,(H,33,37)/t28-/m0/s1. The van der Waals surface area contributed by atoms with E-state index in [2.05, 4.69) is 5.32 Å². The number of amides is 2. The molecule has 0 aliphatic rings. The van der Waals surface area contributed by atoms with Gasteiger partial charge in [-0.15, -0.1) is 0 Å². The Labute approximate surface area is 254 Å². The Morgan fingerprint density at radius 3 is 2.02 bits per heavy atom. The Morgan fingerprint density at radius 2 is 1.49 bits per heavy atom. The molecule has 0 heterocycles. The van der Waals surface area contributed by atoms with Gasteiger partial charge in [0.05, 0.1) is 31.9 Å². The molecule has 0 aliphatic heterocycles. The van der Waals surface area contributed by atoms with E-state index in [0.717, 1.165) is 15.4 Å². The Balaban J connectivity index is 2.11. The molecule has 3 aromatic carbocycles. The molecule has 0 spiro atoms. The second kappa shape index (κ2) is 14.8. The number of hydrogen-bond donors (Lipinski definition) is 1. The van der Waals surface area contributed by atoms with E-state index in [0.29, 0.717) is 23.7 Å². The van der Waals surface area contributed by atoms with Crippen molar-refractivity contribution in [3.8, 4) is 17.2 Å². The van der Waals surface area contributed by atoms with Crippen LogP contribution in [0.5, 0.6) is 17.2 Å². The molecular formula is C32H41N3O7S. The van der Waals surface area contributed by atoms with E-state index in [1.807, 2.05) is 27.7 Å². The summed E-state index contributed by atoms with van der Waals surface area (Å²) in [6, 6.07) is 17.2. The van der Waals surface area contributed by atoms with Crippen LogP contribution in [0.25, 0.3) is 0 Å². The third-order valence-electron chi connectivity index (χ3n) is 6.87. The van der Waals surface area contributed by atoms with Crippen LogP contribution in [-0.2, 0) is 26.2 Å². The van der Waals surface area contributed by atoms with Crippen LogP contribution in [-0.4, -0.2) is 65.1 Å². The number of methoxy groups -OCH3 is 3. The maximum atomic E-state index is 14.2. The molecule has 11 heteroatoms. The number of carbonyl (C=O) groups is 2. The van der Waals surface area contributed by atoms with E-state index in [1.165, 1.54) is 37.3 Å². The highest BCUT2D eigenvalue weighted by Gasteiger charge is 2.34. The van der Waals surface area contributed by atoms with Crippen molar-refractivity contribution in [1.82, 2.24) is 10.2 Å². The molecule has 0 saturated heterocycles. The van der Waals surface area contributed by atoms with Gasteiger partial charge in [-0.2, -0.15) is 0 Å². The van der Waals surface area contributed by atoms with E-state index in [-0.39, 0.29) is 29.1 Å². The van der Waals surface area contributed by atoms with Crippen LogP contribution >= 0.6 is 0 Å². The predicted octanol–water partition coefficient (Wildman–Crippen LogP) is 4.55. The molecule has 0 bridgehead atoms. The lowest BCUT2D eigenvalue weighted by Gasteiger charge is -2.33. The molecule has 3 aromatic rings. The van der Waals surface area contributed by atoms with Crippen molar-refractivity contribution in [1.29, 1.82) is 0 Å². The van der Waals surface area contributed by atoms with Gasteiger partial charge in [0.25, 0.3) is 10.0 Å². The predicted molar refractivity (Wildman–Crippen MR) is 166 cm³/mol. The Morgan fingerprint density at radius 1 is 0.860 bits per heavy atom. The summed E-state index contributed by atoms with van der Waals surface area (Å²) in [4.78, 5) is 29.0. The van der Waals surface area contributed by atoms with Gasteiger partial charge in [0.2, 0.25) is 11.8 Å². The van der Waals surface area contributed by atoms with Gasteiger partial charge in [-0.1, -0.05) is 36.8 Å². The quantitative estimate of drug-likeness (QED) is 0.285. The average Bonchev–Trinajstić information content (AvgIpc) is 2.99. The number of anilines is 1. The van der Waals surface area contributed by atoms with E-state index in [9.17, 15) is 18.0 Å². The minimum Gasteiger partial charge on any atom is -0.497 e. The Bertz CT molecular complexity index is 1490. The third-order valence-corrected chi connectivity index (χ3v) is 8.66. The number of hydrogen-bond acceptors (Lipinski definition) is 7. The summed E-state index contributed by atoms with van der Waals surface area (Å²) in [6.45, 7) is 6.87.